The van der Waals surface area contributed by atoms with Crippen LogP contribution in [-0.2, 0) is 23.8 Å². The molecule has 3 aliphatic rings. The lowest BCUT2D eigenvalue weighted by Crippen LogP contribution is -2.42. The van der Waals surface area contributed by atoms with Gasteiger partial charge in [-0.1, -0.05) is 17.7 Å². The smallest absolute Gasteiger partial charge is 0.410 e. The standard InChI is InChI=1S/C20H26N2O3.C17H25NO5S.C15H18N2O.C10H9NO.ClH/c1-20(2,3)25-19(23)22-14-6-7-17(22)15-24-18-10-8-16(9-11-18)21-12-4-5-13-21;1-13-7-9-15(10-8-13)24(20,21)22-12-14-6-5-11-18(14)16(19)23-17(2,3)4;1-2-11-17(10-1)14-5-7-15(8-6-14)18-12-13-4-3-9-16-13;12-10-5-3-9(4-6-10)11-7-1-2-8-11;/h4-5,8-13,17H,6-7,14-15H2,1-3H3;7-10,14H,5-6,11-12H2,1-4H3;1-2,5-8,10-11,13,16H,3-4,9,12H2;1-8,12H;1H/t17-;14-;13-;;/m111../s1. The van der Waals surface area contributed by atoms with E-state index in [-0.39, 0.29) is 42.1 Å². The molecule has 3 atom stereocenters. The Balaban J connectivity index is 0.000000176. The summed E-state index contributed by atoms with van der Waals surface area (Å²) in [7, 11) is -3.83. The van der Waals surface area contributed by atoms with Crippen LogP contribution in [0.5, 0.6) is 17.2 Å². The third kappa shape index (κ3) is 19.6. The Morgan fingerprint density at radius 3 is 1.35 bits per heavy atom. The first-order valence-corrected chi connectivity index (χ1v) is 28.5. The fourth-order valence-electron chi connectivity index (χ4n) is 8.94. The van der Waals surface area contributed by atoms with E-state index in [9.17, 15) is 18.0 Å². The van der Waals surface area contributed by atoms with E-state index in [1.807, 2.05) is 159 Å². The zero-order valence-corrected chi connectivity index (χ0v) is 48.7. The molecule has 0 aliphatic carbocycles. The summed E-state index contributed by atoms with van der Waals surface area (Å²) in [5, 5.41) is 12.5. The fraction of sp³-hybridized carbons (Fsp3) is 0.387. The lowest BCUT2D eigenvalue weighted by atomic mass is 10.2. The van der Waals surface area contributed by atoms with Gasteiger partial charge in [0.1, 0.15) is 41.7 Å². The van der Waals surface area contributed by atoms with Gasteiger partial charge in [-0.15, -0.1) is 12.4 Å². The van der Waals surface area contributed by atoms with E-state index >= 15 is 0 Å². The molecule has 430 valence electrons. The topological polar surface area (TPSA) is 168 Å². The molecule has 3 saturated heterocycles. The van der Waals surface area contributed by atoms with Gasteiger partial charge >= 0.3 is 12.2 Å². The van der Waals surface area contributed by atoms with Crippen molar-refractivity contribution in [3.63, 3.8) is 0 Å². The third-order valence-electron chi connectivity index (χ3n) is 13.0. The maximum Gasteiger partial charge on any atom is 0.410 e. The number of halogens is 1. The number of rotatable bonds is 13. The summed E-state index contributed by atoms with van der Waals surface area (Å²) in [6.07, 6.45) is 17.3. The summed E-state index contributed by atoms with van der Waals surface area (Å²) in [5.41, 5.74) is 3.22. The largest absolute Gasteiger partial charge is 0.508 e. The molecule has 7 aromatic rings. The summed E-state index contributed by atoms with van der Waals surface area (Å²) >= 11 is 0. The second kappa shape index (κ2) is 29.3. The van der Waals surface area contributed by atoms with Crippen LogP contribution < -0.4 is 14.8 Å². The molecule has 3 aliphatic heterocycles. The maximum atomic E-state index is 12.3. The highest BCUT2D eigenvalue weighted by Crippen LogP contribution is 2.26. The van der Waals surface area contributed by atoms with Gasteiger partial charge < -0.3 is 52.9 Å². The highest BCUT2D eigenvalue weighted by Gasteiger charge is 2.34. The molecule has 16 nitrogen and oxygen atoms in total. The molecular weight excluding hydrogens is 1060 g/mol. The first kappa shape index (κ1) is 62.0. The zero-order valence-electron chi connectivity index (χ0n) is 47.1. The molecule has 0 unspecified atom stereocenters. The van der Waals surface area contributed by atoms with Crippen LogP contribution >= 0.6 is 12.4 Å². The number of hydrogen-bond acceptors (Lipinski definition) is 11. The highest BCUT2D eigenvalue weighted by molar-refractivity contribution is 7.86. The SMILES string of the molecule is CC(C)(C)OC(=O)N1CCC[C@@H]1COc1ccc(-n2cccc2)cc1.Cc1ccc(S(=O)(=O)OC[C@H]2CCCN2C(=O)OC(C)(C)C)cc1.Cl.Oc1ccc(-n2cccc2)cc1.c1ccn(-c2ccc(OC[C@H]3CCCN3)cc2)c1. The van der Waals surface area contributed by atoms with E-state index in [4.69, 9.17) is 28.2 Å². The lowest BCUT2D eigenvalue weighted by Gasteiger charge is -2.28. The number of nitrogens with zero attached hydrogens (tertiary/aromatic N) is 5. The number of ether oxygens (including phenoxy) is 4. The number of nitrogens with one attached hydrogen (secondary N) is 1. The van der Waals surface area contributed by atoms with Gasteiger partial charge in [-0.2, -0.15) is 8.42 Å². The number of hydrogen-bond donors (Lipinski definition) is 2. The Hall–Kier alpha value is -7.18. The van der Waals surface area contributed by atoms with Crippen LogP contribution in [0.3, 0.4) is 0 Å². The van der Waals surface area contributed by atoms with Crippen molar-refractivity contribution in [3.05, 3.63) is 176 Å². The normalized spacial score (nSPS) is 16.9. The average Bonchev–Trinajstić information content (AvgIpc) is 4.30. The van der Waals surface area contributed by atoms with Gasteiger partial charge in [0, 0.05) is 73.4 Å². The van der Waals surface area contributed by atoms with Gasteiger partial charge in [0.25, 0.3) is 10.1 Å². The minimum atomic E-state index is -3.83. The third-order valence-corrected chi connectivity index (χ3v) is 14.3. The van der Waals surface area contributed by atoms with E-state index < -0.39 is 27.4 Å². The Kier molecular flexibility index (Phi) is 22.7. The van der Waals surface area contributed by atoms with Crippen molar-refractivity contribution in [3.8, 4) is 34.3 Å². The van der Waals surface area contributed by atoms with Crippen LogP contribution in [0.25, 0.3) is 17.1 Å². The van der Waals surface area contributed by atoms with Crippen molar-refractivity contribution < 1.29 is 46.2 Å². The highest BCUT2D eigenvalue weighted by atomic mass is 35.5. The van der Waals surface area contributed by atoms with Gasteiger partial charge in [-0.25, -0.2) is 9.59 Å². The maximum absolute atomic E-state index is 12.3. The number of benzene rings is 4. The predicted octanol–water partition coefficient (Wildman–Crippen LogP) is 12.6. The average molecular weight is 1140 g/mol. The van der Waals surface area contributed by atoms with Crippen molar-refractivity contribution in [2.45, 2.75) is 121 Å². The second-order valence-corrected chi connectivity index (χ2v) is 23.3. The van der Waals surface area contributed by atoms with E-state index in [0.29, 0.717) is 31.4 Å². The minimum absolute atomic E-state index is 0. The van der Waals surface area contributed by atoms with Crippen LogP contribution in [-0.4, -0.2) is 118 Å². The number of aromatic hydroxyl groups is 1. The van der Waals surface area contributed by atoms with Crippen molar-refractivity contribution in [1.82, 2.24) is 28.8 Å². The second-order valence-electron chi connectivity index (χ2n) is 21.7. The van der Waals surface area contributed by atoms with E-state index in [0.717, 1.165) is 73.1 Å². The number of likely N-dealkylation sites (tertiary alicyclic amines) is 2. The van der Waals surface area contributed by atoms with Crippen molar-refractivity contribution in [2.24, 2.45) is 0 Å². The van der Waals surface area contributed by atoms with Gasteiger partial charge in [0.05, 0.1) is 23.6 Å². The fourth-order valence-corrected chi connectivity index (χ4v) is 9.88. The predicted molar refractivity (Wildman–Crippen MR) is 314 cm³/mol. The van der Waals surface area contributed by atoms with Crippen molar-refractivity contribution >= 4 is 34.7 Å². The Labute approximate surface area is 478 Å². The number of carbonyl (C=O) groups is 2. The molecular formula is C62H79ClN6O10S. The van der Waals surface area contributed by atoms with Gasteiger partial charge in [-0.3, -0.25) is 4.18 Å². The van der Waals surface area contributed by atoms with E-state index in [1.54, 1.807) is 54.8 Å². The Morgan fingerprint density at radius 2 is 0.950 bits per heavy atom. The molecule has 0 radical (unpaired) electrons. The molecule has 2 amide bonds. The molecule has 0 saturated carbocycles. The van der Waals surface area contributed by atoms with Crippen LogP contribution in [0, 0.1) is 6.92 Å². The van der Waals surface area contributed by atoms with E-state index in [1.165, 1.54) is 25.0 Å². The monoisotopic (exact) mass is 1130 g/mol. The van der Waals surface area contributed by atoms with Crippen LogP contribution in [0.15, 0.2) is 176 Å². The van der Waals surface area contributed by atoms with Crippen LogP contribution in [0.1, 0.15) is 85.6 Å². The molecule has 18 heteroatoms. The summed E-state index contributed by atoms with van der Waals surface area (Å²) < 4.78 is 58.3. The number of aryl methyl sites for hydroxylation is 1. The number of amides is 2. The number of phenolic OH excluding ortho intramolecular Hbond substituents is 1. The molecule has 3 aromatic heterocycles. The molecule has 3 fully saturated rings. The van der Waals surface area contributed by atoms with Gasteiger partial charge in [0.2, 0.25) is 0 Å². The molecule has 80 heavy (non-hydrogen) atoms. The van der Waals surface area contributed by atoms with Gasteiger partial charge in [0.15, 0.2) is 0 Å². The quantitative estimate of drug-likeness (QED) is 0.105. The number of phenols is 1. The molecule has 0 spiro atoms. The summed E-state index contributed by atoms with van der Waals surface area (Å²) in [5.74, 6) is 2.05. The number of aromatic nitrogens is 3. The summed E-state index contributed by atoms with van der Waals surface area (Å²) in [6.45, 7) is 16.5. The summed E-state index contributed by atoms with van der Waals surface area (Å²) in [6, 6.07) is 42.0. The molecule has 4 aromatic carbocycles. The number of carbonyl (C=O) groups excluding carboxylic acids is 2. The molecule has 2 N–H and O–H groups in total. The van der Waals surface area contributed by atoms with Crippen molar-refractivity contribution in [1.29, 1.82) is 0 Å². The summed E-state index contributed by atoms with van der Waals surface area (Å²) in [4.78, 5) is 28.0. The minimum Gasteiger partial charge on any atom is -0.508 e. The Bertz CT molecular complexity index is 3010. The van der Waals surface area contributed by atoms with E-state index in [2.05, 4.69) is 22.0 Å². The Morgan fingerprint density at radius 1 is 0.550 bits per heavy atom. The van der Waals surface area contributed by atoms with Gasteiger partial charge in [-0.05, 0) is 215 Å². The molecule has 6 heterocycles. The first-order valence-electron chi connectivity index (χ1n) is 27.1. The zero-order chi connectivity index (χ0) is 56.4. The van der Waals surface area contributed by atoms with Crippen LogP contribution in [0.2, 0.25) is 0 Å². The molecule has 10 rings (SSSR count). The van der Waals surface area contributed by atoms with Crippen molar-refractivity contribution in [2.75, 3.05) is 39.5 Å². The van der Waals surface area contributed by atoms with Crippen LogP contribution in [0.4, 0.5) is 9.59 Å². The molecule has 0 bridgehead atoms. The first-order chi connectivity index (χ1) is 37.8. The lowest BCUT2D eigenvalue weighted by molar-refractivity contribution is 0.0179.